The Hall–Kier alpha value is -3.00. The molecule has 4 N–H and O–H groups in total. The first-order valence-electron chi connectivity index (χ1n) is 11.3. The van der Waals surface area contributed by atoms with Crippen molar-refractivity contribution in [1.29, 1.82) is 0 Å². The van der Waals surface area contributed by atoms with Gasteiger partial charge in [0.2, 0.25) is 11.9 Å². The van der Waals surface area contributed by atoms with Gasteiger partial charge >= 0.3 is 0 Å². The van der Waals surface area contributed by atoms with Gasteiger partial charge in [0.15, 0.2) is 11.6 Å². The normalized spacial score (nSPS) is 27.6. The number of carbonyl (C=O) groups is 1. The van der Waals surface area contributed by atoms with Crippen molar-refractivity contribution in [3.8, 4) is 0 Å². The van der Waals surface area contributed by atoms with Crippen molar-refractivity contribution >= 4 is 23.4 Å². The summed E-state index contributed by atoms with van der Waals surface area (Å²) in [5.41, 5.74) is 7.79. The molecule has 2 heterocycles. The summed E-state index contributed by atoms with van der Waals surface area (Å²) in [5.74, 6) is -0.0782. The van der Waals surface area contributed by atoms with E-state index in [0.29, 0.717) is 11.9 Å². The number of nitrogens with zero attached hydrogens (tertiary/aromatic N) is 3. The number of benzene rings is 1. The molecule has 1 amide bonds. The largest absolute Gasteiger partial charge is 0.369 e. The van der Waals surface area contributed by atoms with Crippen LogP contribution in [0.1, 0.15) is 30.7 Å². The fourth-order valence-electron chi connectivity index (χ4n) is 5.43. The lowest BCUT2D eigenvalue weighted by atomic mass is 9.88. The molecule has 32 heavy (non-hydrogen) atoms. The molecular formula is C24H29FN6O. The van der Waals surface area contributed by atoms with E-state index in [1.165, 1.54) is 5.56 Å². The van der Waals surface area contributed by atoms with Gasteiger partial charge in [-0.1, -0.05) is 24.3 Å². The second-order valence-electron chi connectivity index (χ2n) is 9.26. The Bertz CT molecular complexity index is 1030. The molecule has 2 fully saturated rings. The number of hydrogen-bond donors (Lipinski definition) is 3. The summed E-state index contributed by atoms with van der Waals surface area (Å²) in [7, 11) is 2.16. The molecule has 168 valence electrons. The summed E-state index contributed by atoms with van der Waals surface area (Å²) in [6, 6.07) is 8.01. The zero-order valence-electron chi connectivity index (χ0n) is 18.2. The summed E-state index contributed by atoms with van der Waals surface area (Å²) in [5, 5.41) is 6.35. The van der Waals surface area contributed by atoms with E-state index in [1.54, 1.807) is 0 Å². The topological polar surface area (TPSA) is 96.2 Å². The number of nitrogens with one attached hydrogen (secondary N) is 2. The summed E-state index contributed by atoms with van der Waals surface area (Å²) in [6.45, 7) is 2.20. The molecule has 1 aromatic heterocycles. The number of likely N-dealkylation sites (tertiary alicyclic amines) is 1. The van der Waals surface area contributed by atoms with Crippen molar-refractivity contribution in [3.05, 3.63) is 54.0 Å². The van der Waals surface area contributed by atoms with Crippen LogP contribution in [0.4, 0.5) is 21.8 Å². The number of rotatable bonds is 6. The second-order valence-corrected chi connectivity index (χ2v) is 9.26. The molecule has 1 saturated heterocycles. The number of piperidine rings is 1. The standard InChI is InChI=1S/C24H29FN6O/c1-31-9-7-14(8-10-31)15-3-2-4-18(12-15)28-24-27-13-19(25)23(30-24)29-21-17-6-5-16(11-17)20(21)22(26)32/h2-6,12-14,16-17,20-21H,7-11H2,1H3,(H2,26,32)(H2,27,28,29,30). The predicted octanol–water partition coefficient (Wildman–Crippen LogP) is 3.26. The number of aromatic nitrogens is 2. The van der Waals surface area contributed by atoms with Crippen LogP contribution < -0.4 is 16.4 Å². The minimum Gasteiger partial charge on any atom is -0.369 e. The maximum Gasteiger partial charge on any atom is 0.229 e. The maximum atomic E-state index is 14.5. The Morgan fingerprint density at radius 1 is 1.22 bits per heavy atom. The van der Waals surface area contributed by atoms with Crippen molar-refractivity contribution in [2.24, 2.45) is 23.5 Å². The van der Waals surface area contributed by atoms with Crippen molar-refractivity contribution < 1.29 is 9.18 Å². The van der Waals surface area contributed by atoms with E-state index in [-0.39, 0.29) is 35.5 Å². The quantitative estimate of drug-likeness (QED) is 0.602. The molecule has 1 saturated carbocycles. The van der Waals surface area contributed by atoms with Gasteiger partial charge in [-0.15, -0.1) is 0 Å². The minimum absolute atomic E-state index is 0.0890. The van der Waals surface area contributed by atoms with Crippen LogP contribution in [0.2, 0.25) is 0 Å². The summed E-state index contributed by atoms with van der Waals surface area (Å²) in [6.07, 6.45) is 8.40. The fraction of sp³-hybridized carbons (Fsp3) is 0.458. The molecule has 1 aromatic carbocycles. The lowest BCUT2D eigenvalue weighted by Crippen LogP contribution is -2.41. The number of hydrogen-bond acceptors (Lipinski definition) is 6. The van der Waals surface area contributed by atoms with Gasteiger partial charge in [0.25, 0.3) is 0 Å². The summed E-state index contributed by atoms with van der Waals surface area (Å²) in [4.78, 5) is 22.8. The lowest BCUT2D eigenvalue weighted by Gasteiger charge is -2.29. The van der Waals surface area contributed by atoms with Crippen LogP contribution in [-0.2, 0) is 4.79 Å². The molecule has 0 spiro atoms. The predicted molar refractivity (Wildman–Crippen MR) is 122 cm³/mol. The molecular weight excluding hydrogens is 407 g/mol. The van der Waals surface area contributed by atoms with Gasteiger partial charge in [-0.3, -0.25) is 4.79 Å². The first-order chi connectivity index (χ1) is 15.5. The molecule has 2 bridgehead atoms. The number of anilines is 3. The molecule has 1 aliphatic heterocycles. The first-order valence-corrected chi connectivity index (χ1v) is 11.3. The summed E-state index contributed by atoms with van der Waals surface area (Å²) < 4.78 is 14.5. The molecule has 7 nitrogen and oxygen atoms in total. The number of primary amides is 1. The molecule has 0 radical (unpaired) electrons. The lowest BCUT2D eigenvalue weighted by molar-refractivity contribution is -0.122. The highest BCUT2D eigenvalue weighted by molar-refractivity contribution is 5.79. The molecule has 8 heteroatoms. The molecule has 5 rings (SSSR count). The summed E-state index contributed by atoms with van der Waals surface area (Å²) >= 11 is 0. The fourth-order valence-corrected chi connectivity index (χ4v) is 5.43. The molecule has 2 aromatic rings. The highest BCUT2D eigenvalue weighted by Crippen LogP contribution is 2.45. The third kappa shape index (κ3) is 4.07. The van der Waals surface area contributed by atoms with Gasteiger partial charge in [-0.25, -0.2) is 9.37 Å². The number of nitrogens with two attached hydrogens (primary N) is 1. The molecule has 4 atom stereocenters. The van der Waals surface area contributed by atoms with Crippen molar-refractivity contribution in [3.63, 3.8) is 0 Å². The van der Waals surface area contributed by atoms with Crippen LogP contribution in [0.5, 0.6) is 0 Å². The van der Waals surface area contributed by atoms with E-state index in [4.69, 9.17) is 5.73 Å². The van der Waals surface area contributed by atoms with Gasteiger partial charge < -0.3 is 21.3 Å². The van der Waals surface area contributed by atoms with Crippen LogP contribution in [0.3, 0.4) is 0 Å². The van der Waals surface area contributed by atoms with E-state index in [9.17, 15) is 9.18 Å². The van der Waals surface area contributed by atoms with Gasteiger partial charge in [0.1, 0.15) is 0 Å². The number of amides is 1. The van der Waals surface area contributed by atoms with Gasteiger partial charge in [-0.05, 0) is 74.8 Å². The van der Waals surface area contributed by atoms with Crippen LogP contribution in [0.15, 0.2) is 42.6 Å². The Morgan fingerprint density at radius 3 is 2.78 bits per heavy atom. The van der Waals surface area contributed by atoms with Crippen molar-refractivity contribution in [2.45, 2.75) is 31.2 Å². The Balaban J connectivity index is 1.32. The Morgan fingerprint density at radius 2 is 2.00 bits per heavy atom. The van der Waals surface area contributed by atoms with E-state index in [2.05, 4.69) is 50.8 Å². The number of allylic oxidation sites excluding steroid dienone is 1. The number of halogens is 1. The van der Waals surface area contributed by atoms with Crippen LogP contribution in [0.25, 0.3) is 0 Å². The average Bonchev–Trinajstić information content (AvgIpc) is 3.38. The van der Waals surface area contributed by atoms with Crippen LogP contribution >= 0.6 is 0 Å². The van der Waals surface area contributed by atoms with Gasteiger partial charge in [0.05, 0.1) is 12.1 Å². The Kier molecular flexibility index (Phi) is 5.55. The minimum atomic E-state index is -0.550. The SMILES string of the molecule is CN1CCC(c2cccc(Nc3ncc(F)c(NC4C5C=CC(C5)C4C(N)=O)n3)c2)CC1. The highest BCUT2D eigenvalue weighted by atomic mass is 19.1. The zero-order valence-corrected chi connectivity index (χ0v) is 18.2. The second kappa shape index (κ2) is 8.50. The Labute approximate surface area is 187 Å². The van der Waals surface area contributed by atoms with Crippen LogP contribution in [-0.4, -0.2) is 47.0 Å². The third-order valence-corrected chi connectivity index (χ3v) is 7.17. The van der Waals surface area contributed by atoms with E-state index in [1.807, 2.05) is 18.2 Å². The van der Waals surface area contributed by atoms with E-state index < -0.39 is 5.82 Å². The first kappa shape index (κ1) is 20.9. The van der Waals surface area contributed by atoms with Gasteiger partial charge in [-0.2, -0.15) is 4.98 Å². The molecule has 3 aliphatic rings. The average molecular weight is 437 g/mol. The monoisotopic (exact) mass is 436 g/mol. The van der Waals surface area contributed by atoms with Crippen LogP contribution in [0, 0.1) is 23.6 Å². The maximum absolute atomic E-state index is 14.5. The van der Waals surface area contributed by atoms with Gasteiger partial charge in [0, 0.05) is 11.7 Å². The molecule has 2 aliphatic carbocycles. The highest BCUT2D eigenvalue weighted by Gasteiger charge is 2.47. The number of fused-ring (bicyclic) bond motifs is 2. The van der Waals surface area contributed by atoms with Crippen molar-refractivity contribution in [2.75, 3.05) is 30.8 Å². The number of carbonyl (C=O) groups excluding carboxylic acids is 1. The molecule has 4 unspecified atom stereocenters. The third-order valence-electron chi connectivity index (χ3n) is 7.17. The zero-order chi connectivity index (χ0) is 22.2. The smallest absolute Gasteiger partial charge is 0.229 e. The van der Waals surface area contributed by atoms with E-state index >= 15 is 0 Å². The van der Waals surface area contributed by atoms with Crippen molar-refractivity contribution in [1.82, 2.24) is 14.9 Å². The van der Waals surface area contributed by atoms with E-state index in [0.717, 1.165) is 44.2 Å².